The Morgan fingerprint density at radius 1 is 1.55 bits per heavy atom. The summed E-state index contributed by atoms with van der Waals surface area (Å²) in [6, 6.07) is 7.80. The fourth-order valence-corrected chi connectivity index (χ4v) is 2.94. The van der Waals surface area contributed by atoms with Gasteiger partial charge in [0.2, 0.25) is 0 Å². The van der Waals surface area contributed by atoms with E-state index in [4.69, 9.17) is 16.3 Å². The van der Waals surface area contributed by atoms with Gasteiger partial charge in [-0.25, -0.2) is 4.79 Å². The number of carbonyl (C=O) groups excluding carboxylic acids is 1. The first-order chi connectivity index (χ1) is 10.7. The van der Waals surface area contributed by atoms with Gasteiger partial charge < -0.3 is 20.1 Å². The number of rotatable bonds is 6. The van der Waals surface area contributed by atoms with Crippen molar-refractivity contribution in [1.82, 2.24) is 10.6 Å². The predicted octanol–water partition coefficient (Wildman–Crippen LogP) is 2.75. The molecule has 1 amide bonds. The molecule has 0 aromatic heterocycles. The number of nitrogens with one attached hydrogen (secondary N) is 2. The largest absolute Gasteiger partial charge is 0.453 e. The Hall–Kier alpha value is -1.30. The van der Waals surface area contributed by atoms with Crippen LogP contribution in [0, 0.1) is 5.92 Å². The maximum atomic E-state index is 11.1. The summed E-state index contributed by atoms with van der Waals surface area (Å²) in [4.78, 5) is 11.1. The predicted molar refractivity (Wildman–Crippen MR) is 86.1 cm³/mol. The van der Waals surface area contributed by atoms with Crippen molar-refractivity contribution in [3.8, 4) is 0 Å². The summed E-state index contributed by atoms with van der Waals surface area (Å²) in [6.45, 7) is 2.84. The van der Waals surface area contributed by atoms with Crippen molar-refractivity contribution in [2.45, 2.75) is 18.9 Å². The Bertz CT molecular complexity index is 478. The van der Waals surface area contributed by atoms with Crippen molar-refractivity contribution in [1.29, 1.82) is 0 Å². The van der Waals surface area contributed by atoms with Crippen molar-refractivity contribution >= 4 is 17.7 Å². The third kappa shape index (κ3) is 5.16. The molecule has 6 heteroatoms. The molecule has 2 unspecified atom stereocenters. The number of alkyl carbamates (subject to hydrolysis) is 1. The average Bonchev–Trinajstić information content (AvgIpc) is 2.55. The highest BCUT2D eigenvalue weighted by Crippen LogP contribution is 2.31. The topological polar surface area (TPSA) is 59.6 Å². The van der Waals surface area contributed by atoms with E-state index in [1.54, 1.807) is 0 Å². The Kier molecular flexibility index (Phi) is 6.96. The first-order valence-electron chi connectivity index (χ1n) is 7.60. The first-order valence-corrected chi connectivity index (χ1v) is 7.98. The van der Waals surface area contributed by atoms with Crippen LogP contribution in [0.25, 0.3) is 0 Å². The normalized spacial score (nSPS) is 19.5. The Labute approximate surface area is 136 Å². The minimum absolute atomic E-state index is 0.0223. The molecule has 122 valence electrons. The van der Waals surface area contributed by atoms with Crippen LogP contribution in [0.15, 0.2) is 24.3 Å². The van der Waals surface area contributed by atoms with E-state index in [0.717, 1.165) is 31.5 Å². The fourth-order valence-electron chi connectivity index (χ4n) is 2.74. The van der Waals surface area contributed by atoms with Gasteiger partial charge in [0.15, 0.2) is 0 Å². The maximum absolute atomic E-state index is 11.1. The molecule has 0 radical (unpaired) electrons. The second-order valence-corrected chi connectivity index (χ2v) is 5.81. The second-order valence-electron chi connectivity index (χ2n) is 5.37. The van der Waals surface area contributed by atoms with E-state index < -0.39 is 6.09 Å². The molecular formula is C16H23ClN2O3. The van der Waals surface area contributed by atoms with E-state index in [0.29, 0.717) is 24.1 Å². The fraction of sp³-hybridized carbons (Fsp3) is 0.562. The van der Waals surface area contributed by atoms with E-state index in [2.05, 4.69) is 15.4 Å². The zero-order chi connectivity index (χ0) is 15.8. The maximum Gasteiger partial charge on any atom is 0.406 e. The standard InChI is InChI=1S/C16H23ClN2O3/c1-21-16(20)19-8-9-22-15(13-5-3-7-18-11-13)12-4-2-6-14(17)10-12/h2,4,6,10,13,15,18H,3,5,7-9,11H2,1H3,(H,19,20). The molecular weight excluding hydrogens is 304 g/mol. The molecule has 1 fully saturated rings. The lowest BCUT2D eigenvalue weighted by Crippen LogP contribution is -2.35. The van der Waals surface area contributed by atoms with Crippen LogP contribution in [0.4, 0.5) is 4.79 Å². The number of piperidine rings is 1. The van der Waals surface area contributed by atoms with Gasteiger partial charge in [0, 0.05) is 24.0 Å². The molecule has 0 spiro atoms. The van der Waals surface area contributed by atoms with Crippen LogP contribution in [0.3, 0.4) is 0 Å². The van der Waals surface area contributed by atoms with Crippen molar-refractivity contribution < 1.29 is 14.3 Å². The summed E-state index contributed by atoms with van der Waals surface area (Å²) >= 11 is 6.10. The zero-order valence-electron chi connectivity index (χ0n) is 12.8. The highest BCUT2D eigenvalue weighted by molar-refractivity contribution is 6.30. The minimum atomic E-state index is -0.442. The molecule has 1 aromatic rings. The molecule has 2 rings (SSSR count). The first kappa shape index (κ1) is 17.1. The average molecular weight is 327 g/mol. The van der Waals surface area contributed by atoms with Gasteiger partial charge in [0.05, 0.1) is 19.8 Å². The summed E-state index contributed by atoms with van der Waals surface area (Å²) in [5.74, 6) is 0.408. The highest BCUT2D eigenvalue weighted by atomic mass is 35.5. The molecule has 0 aliphatic carbocycles. The third-order valence-corrected chi connectivity index (χ3v) is 4.03. The van der Waals surface area contributed by atoms with Gasteiger partial charge >= 0.3 is 6.09 Å². The van der Waals surface area contributed by atoms with Gasteiger partial charge in [-0.15, -0.1) is 0 Å². The van der Waals surface area contributed by atoms with E-state index >= 15 is 0 Å². The van der Waals surface area contributed by atoms with Crippen LogP contribution in [-0.4, -0.2) is 39.4 Å². The molecule has 22 heavy (non-hydrogen) atoms. The van der Waals surface area contributed by atoms with Gasteiger partial charge in [-0.2, -0.15) is 0 Å². The van der Waals surface area contributed by atoms with Crippen LogP contribution in [0.1, 0.15) is 24.5 Å². The third-order valence-electron chi connectivity index (χ3n) is 3.79. The molecule has 1 aliphatic rings. The van der Waals surface area contributed by atoms with Crippen LogP contribution in [-0.2, 0) is 9.47 Å². The monoisotopic (exact) mass is 326 g/mol. The molecule has 1 aliphatic heterocycles. The summed E-state index contributed by atoms with van der Waals surface area (Å²) in [5, 5.41) is 6.75. The number of hydrogen-bond donors (Lipinski definition) is 2. The Morgan fingerprint density at radius 3 is 3.09 bits per heavy atom. The van der Waals surface area contributed by atoms with Gasteiger partial charge in [0.1, 0.15) is 0 Å². The summed E-state index contributed by atoms with van der Waals surface area (Å²) in [7, 11) is 1.35. The molecule has 5 nitrogen and oxygen atoms in total. The number of hydrogen-bond acceptors (Lipinski definition) is 4. The molecule has 2 atom stereocenters. The number of ether oxygens (including phenoxy) is 2. The molecule has 1 saturated heterocycles. The van der Waals surface area contributed by atoms with E-state index in [-0.39, 0.29) is 6.10 Å². The SMILES string of the molecule is COC(=O)NCCOC(c1cccc(Cl)c1)C1CCCNC1. The summed E-state index contributed by atoms with van der Waals surface area (Å²) < 4.78 is 10.6. The van der Waals surface area contributed by atoms with Gasteiger partial charge in [-0.05, 0) is 37.1 Å². The number of halogens is 1. The van der Waals surface area contributed by atoms with Gasteiger partial charge in [0.25, 0.3) is 0 Å². The highest BCUT2D eigenvalue weighted by Gasteiger charge is 2.25. The lowest BCUT2D eigenvalue weighted by molar-refractivity contribution is 0.00475. The summed E-state index contributed by atoms with van der Waals surface area (Å²) in [6.07, 6.45) is 1.80. The second kappa shape index (κ2) is 8.98. The van der Waals surface area contributed by atoms with E-state index in [9.17, 15) is 4.79 Å². The van der Waals surface area contributed by atoms with Crippen molar-refractivity contribution in [2.24, 2.45) is 5.92 Å². The Morgan fingerprint density at radius 2 is 2.41 bits per heavy atom. The lowest BCUT2D eigenvalue weighted by atomic mass is 9.89. The zero-order valence-corrected chi connectivity index (χ0v) is 13.6. The molecule has 0 saturated carbocycles. The quantitative estimate of drug-likeness (QED) is 0.789. The van der Waals surface area contributed by atoms with Crippen molar-refractivity contribution in [2.75, 3.05) is 33.4 Å². The lowest BCUT2D eigenvalue weighted by Gasteiger charge is -2.31. The Balaban J connectivity index is 1.97. The number of benzene rings is 1. The van der Waals surface area contributed by atoms with E-state index in [1.165, 1.54) is 7.11 Å². The van der Waals surface area contributed by atoms with Gasteiger partial charge in [-0.1, -0.05) is 23.7 Å². The number of amides is 1. The van der Waals surface area contributed by atoms with Gasteiger partial charge in [-0.3, -0.25) is 0 Å². The van der Waals surface area contributed by atoms with Crippen molar-refractivity contribution in [3.05, 3.63) is 34.9 Å². The molecule has 0 bridgehead atoms. The number of carbonyl (C=O) groups is 1. The molecule has 2 N–H and O–H groups in total. The minimum Gasteiger partial charge on any atom is -0.453 e. The van der Waals surface area contributed by atoms with Crippen LogP contribution >= 0.6 is 11.6 Å². The van der Waals surface area contributed by atoms with Crippen LogP contribution in [0.5, 0.6) is 0 Å². The molecule has 1 aromatic carbocycles. The van der Waals surface area contributed by atoms with Crippen molar-refractivity contribution in [3.63, 3.8) is 0 Å². The molecule has 1 heterocycles. The van der Waals surface area contributed by atoms with E-state index in [1.807, 2.05) is 24.3 Å². The van der Waals surface area contributed by atoms with Crippen LogP contribution < -0.4 is 10.6 Å². The summed E-state index contributed by atoms with van der Waals surface area (Å²) in [5.41, 5.74) is 1.08. The smallest absolute Gasteiger partial charge is 0.406 e. The number of methoxy groups -OCH3 is 1. The van der Waals surface area contributed by atoms with Crippen LogP contribution in [0.2, 0.25) is 5.02 Å².